The standard InChI is InChI=1S/C24H22FN5O.2C23H21F2N5O.C23H22FN5O/c1-23(25)11-24(12-23)13-30(14-24)22(31)18-5-2-4-15-10-16(7-8-17(15)18)27-21-20-19(28-29-21)6-3-9-26-20;1-23(25)7-9-30(10-8-23)22(31)18-4-2-3-14-11-16(5-6-17(14)18)27-21-20-19(28-29-21)12-15(24)13-26-20;1-23(25)7-9-30(10-8-23)22(31)18-4-2-3-14-11-16(5-6-17(14)18)27-21-19-12-15(24)13-26-20(19)28-29-21;1-23(24)9-12-29(13-10-23)22(30)18-5-2-4-15-14-16(7-8-17(15)18)26-21-19-6-3-11-25-20(19)27-28-21/h2-10H,11-14H2,1H3,(H2,27,28,29);2-6,11-13H,7-10H2,1H3,(H2,27,28,29);2-6,11-13H,7-10H2,1H3,(H2,26,27,28,29);2-8,11,14H,9-10,12-13H2,1H3,(H2,25,26,27,28). The SMILES string of the molecule is CC1(F)CC2(CN(C(=O)c3cccc4cc(Nc5n[nH]c6cccnc56)ccc34)C2)C1.CC1(F)CCN(C(=O)c2cccc3cc(Nc4[nH]nc5ncc(F)cc45)ccc23)CC1.CC1(F)CCN(C(=O)c2cccc3cc(Nc4[nH]nc5ncccc45)ccc23)CC1.CC1(F)CCN(C(=O)c2cccc3cc(Nc4n[nH]c5cc(F)cnc45)ccc23)CC1. The van der Waals surface area contributed by atoms with Crippen molar-refractivity contribution in [2.24, 2.45) is 5.41 Å². The quantitative estimate of drug-likeness (QED) is 0.0527. The van der Waals surface area contributed by atoms with Crippen molar-refractivity contribution >= 4 is 157 Å². The number of H-pyrrole nitrogens is 4. The molecule has 4 amide bonds. The minimum atomic E-state index is -1.20. The molecule has 16 aromatic rings. The van der Waals surface area contributed by atoms with Gasteiger partial charge in [-0.25, -0.2) is 41.3 Å². The monoisotopic (exact) mass is 1660 g/mol. The van der Waals surface area contributed by atoms with Gasteiger partial charge in [0, 0.05) is 121 Å². The number of amides is 4. The normalized spacial score (nSPS) is 16.7. The Morgan fingerprint density at radius 2 is 0.724 bits per heavy atom. The Bertz CT molecular complexity index is 6760. The van der Waals surface area contributed by atoms with Crippen LogP contribution in [-0.2, 0) is 0 Å². The van der Waals surface area contributed by atoms with Gasteiger partial charge in [0.1, 0.15) is 57.0 Å². The van der Waals surface area contributed by atoms with Gasteiger partial charge < -0.3 is 40.9 Å². The summed E-state index contributed by atoms with van der Waals surface area (Å²) in [6.07, 6.45) is 9.00. The first kappa shape index (κ1) is 80.0. The number of hydrogen-bond donors (Lipinski definition) is 8. The minimum Gasteiger partial charge on any atom is -0.340 e. The van der Waals surface area contributed by atoms with Gasteiger partial charge in [0.15, 0.2) is 22.9 Å². The lowest BCUT2D eigenvalue weighted by atomic mass is 9.56. The summed E-state index contributed by atoms with van der Waals surface area (Å²) >= 11 is 0. The third-order valence-corrected chi connectivity index (χ3v) is 24.0. The van der Waals surface area contributed by atoms with Gasteiger partial charge in [0.25, 0.3) is 23.6 Å². The number of aromatic nitrogens is 12. The van der Waals surface area contributed by atoms with E-state index in [9.17, 15) is 45.5 Å². The van der Waals surface area contributed by atoms with Gasteiger partial charge in [0.05, 0.1) is 34.2 Å². The highest BCUT2D eigenvalue weighted by Crippen LogP contribution is 2.56. The first-order valence-corrected chi connectivity index (χ1v) is 40.9. The summed E-state index contributed by atoms with van der Waals surface area (Å²) in [7, 11) is 0. The Labute approximate surface area is 700 Å². The van der Waals surface area contributed by atoms with Crippen LogP contribution in [0.5, 0.6) is 0 Å². The molecule has 8 N–H and O–H groups in total. The first-order valence-electron chi connectivity index (χ1n) is 40.9. The molecule has 0 atom stereocenters. The van der Waals surface area contributed by atoms with Crippen LogP contribution in [0.15, 0.2) is 207 Å². The molecule has 123 heavy (non-hydrogen) atoms. The average molecular weight is 1660 g/mol. The van der Waals surface area contributed by atoms with Crippen LogP contribution in [0.3, 0.4) is 0 Å². The van der Waals surface area contributed by atoms with Crippen molar-refractivity contribution < 1.29 is 45.5 Å². The number of carbonyl (C=O) groups is 4. The summed E-state index contributed by atoms with van der Waals surface area (Å²) in [5.41, 5.74) is 4.94. The zero-order chi connectivity index (χ0) is 85.1. The number of carbonyl (C=O) groups excluding carboxylic acids is 4. The topological polar surface area (TPSA) is 296 Å². The van der Waals surface area contributed by atoms with Crippen LogP contribution >= 0.6 is 0 Å². The van der Waals surface area contributed by atoms with Crippen LogP contribution in [0.4, 0.5) is 72.4 Å². The van der Waals surface area contributed by atoms with Crippen molar-refractivity contribution in [2.45, 2.75) is 102 Å². The molecule has 4 aliphatic heterocycles. The Balaban J connectivity index is 0.000000112. The Morgan fingerprint density at radius 3 is 1.17 bits per heavy atom. The molecule has 5 fully saturated rings. The molecule has 30 heteroatoms. The number of fused-ring (bicyclic) bond motifs is 8. The number of pyridine rings is 4. The third kappa shape index (κ3) is 16.9. The van der Waals surface area contributed by atoms with E-state index in [-0.39, 0.29) is 29.0 Å². The molecule has 5 aliphatic rings. The second-order valence-corrected chi connectivity index (χ2v) is 33.7. The van der Waals surface area contributed by atoms with Gasteiger partial charge in [-0.05, 0) is 225 Å². The minimum absolute atomic E-state index is 0.00119. The number of rotatable bonds is 12. The maximum atomic E-state index is 14.1. The molecular formula is C93H86F6N20O4. The van der Waals surface area contributed by atoms with Gasteiger partial charge in [-0.15, -0.1) is 0 Å². The van der Waals surface area contributed by atoms with Crippen molar-refractivity contribution in [3.63, 3.8) is 0 Å². The Morgan fingerprint density at radius 1 is 0.350 bits per heavy atom. The number of anilines is 8. The highest BCUT2D eigenvalue weighted by molar-refractivity contribution is 6.11. The summed E-state index contributed by atoms with van der Waals surface area (Å²) in [6, 6.07) is 56.1. The van der Waals surface area contributed by atoms with E-state index in [1.165, 1.54) is 12.1 Å². The molecule has 21 rings (SSSR count). The number of aromatic amines is 4. The van der Waals surface area contributed by atoms with E-state index < -0.39 is 34.3 Å². The molecule has 1 aliphatic carbocycles. The third-order valence-electron chi connectivity index (χ3n) is 24.0. The molecule has 624 valence electrons. The molecule has 8 aromatic carbocycles. The number of nitrogens with one attached hydrogen (secondary N) is 8. The lowest BCUT2D eigenvalue weighted by molar-refractivity contribution is -0.131. The van der Waals surface area contributed by atoms with Crippen molar-refractivity contribution in [1.82, 2.24) is 80.3 Å². The van der Waals surface area contributed by atoms with E-state index in [0.717, 1.165) is 100 Å². The first-order chi connectivity index (χ1) is 59.2. The zero-order valence-electron chi connectivity index (χ0n) is 67.7. The molecule has 8 aromatic heterocycles. The van der Waals surface area contributed by atoms with Crippen molar-refractivity contribution in [1.29, 1.82) is 0 Å². The molecule has 24 nitrogen and oxygen atoms in total. The number of halogens is 6. The van der Waals surface area contributed by atoms with Crippen molar-refractivity contribution in [3.8, 4) is 0 Å². The van der Waals surface area contributed by atoms with Gasteiger partial charge in [0.2, 0.25) is 0 Å². The van der Waals surface area contributed by atoms with Crippen molar-refractivity contribution in [2.75, 3.05) is 73.6 Å². The number of likely N-dealkylation sites (tertiary alicyclic amines) is 4. The summed E-state index contributed by atoms with van der Waals surface area (Å²) in [5, 5.41) is 50.0. The van der Waals surface area contributed by atoms with Crippen LogP contribution in [0.1, 0.15) is 120 Å². The fourth-order valence-corrected chi connectivity index (χ4v) is 17.4. The average Bonchev–Trinajstić information content (AvgIpc) is 0.912. The lowest BCUT2D eigenvalue weighted by Crippen LogP contribution is -2.67. The second-order valence-electron chi connectivity index (χ2n) is 33.7. The fraction of sp³-hybridized carbons (Fsp3) is 0.269. The smallest absolute Gasteiger partial charge is 0.254 e. The number of nitrogens with zero attached hydrogens (tertiary/aromatic N) is 12. The Hall–Kier alpha value is -14.1. The molecule has 0 unspecified atom stereocenters. The highest BCUT2D eigenvalue weighted by atomic mass is 19.2. The van der Waals surface area contributed by atoms with Gasteiger partial charge in [-0.2, -0.15) is 20.4 Å². The molecule has 0 bridgehead atoms. The van der Waals surface area contributed by atoms with E-state index in [1.54, 1.807) is 66.9 Å². The summed E-state index contributed by atoms with van der Waals surface area (Å²) in [6.45, 7) is 10.3. The fourth-order valence-electron chi connectivity index (χ4n) is 17.4. The van der Waals surface area contributed by atoms with Crippen LogP contribution in [-0.4, -0.2) is 179 Å². The molecule has 4 saturated heterocycles. The Kier molecular flexibility index (Phi) is 20.9. The number of hydrogen-bond acceptors (Lipinski definition) is 16. The second kappa shape index (κ2) is 32.2. The van der Waals surface area contributed by atoms with Gasteiger partial charge in [-0.3, -0.25) is 44.6 Å². The molecule has 0 radical (unpaired) electrons. The molecule has 1 spiro atoms. The van der Waals surface area contributed by atoms with Crippen LogP contribution in [0.25, 0.3) is 87.2 Å². The predicted octanol–water partition coefficient (Wildman–Crippen LogP) is 19.6. The maximum Gasteiger partial charge on any atom is 0.254 e. The lowest BCUT2D eigenvalue weighted by Gasteiger charge is -2.60. The molecule has 1 saturated carbocycles. The molecular weight excluding hydrogens is 1580 g/mol. The number of alkyl halides is 4. The summed E-state index contributed by atoms with van der Waals surface area (Å²) in [4.78, 5) is 76.0. The van der Waals surface area contributed by atoms with E-state index in [2.05, 4.69) is 82.0 Å². The maximum absolute atomic E-state index is 14.1. The van der Waals surface area contributed by atoms with E-state index in [4.69, 9.17) is 0 Å². The highest BCUT2D eigenvalue weighted by Gasteiger charge is 2.59. The summed E-state index contributed by atoms with van der Waals surface area (Å²) in [5.74, 6) is 1.41. The van der Waals surface area contributed by atoms with E-state index in [0.29, 0.717) is 171 Å². The number of piperidine rings is 3. The van der Waals surface area contributed by atoms with Crippen molar-refractivity contribution in [3.05, 3.63) is 241 Å². The van der Waals surface area contributed by atoms with Crippen LogP contribution < -0.4 is 21.3 Å². The van der Waals surface area contributed by atoms with E-state index in [1.807, 2.05) is 163 Å². The van der Waals surface area contributed by atoms with Gasteiger partial charge >= 0.3 is 0 Å². The molecule has 12 heterocycles. The van der Waals surface area contributed by atoms with Gasteiger partial charge in [-0.1, -0.05) is 72.8 Å². The van der Waals surface area contributed by atoms with Crippen LogP contribution in [0, 0.1) is 17.0 Å². The van der Waals surface area contributed by atoms with Crippen LogP contribution in [0.2, 0.25) is 0 Å². The number of benzene rings is 8. The zero-order valence-corrected chi connectivity index (χ0v) is 67.7. The summed E-state index contributed by atoms with van der Waals surface area (Å²) < 4.78 is 83.1. The van der Waals surface area contributed by atoms with E-state index >= 15 is 0 Å². The largest absolute Gasteiger partial charge is 0.340 e. The predicted molar refractivity (Wildman–Crippen MR) is 465 cm³/mol.